The van der Waals surface area contributed by atoms with Gasteiger partial charge in [0.1, 0.15) is 0 Å². The Morgan fingerprint density at radius 2 is 1.67 bits per heavy atom. The fraction of sp³-hybridized carbons (Fsp3) is 0.412. The summed E-state index contributed by atoms with van der Waals surface area (Å²) in [6.45, 7) is 1.78. The molecule has 1 fully saturated rings. The first-order chi connectivity index (χ1) is 10.2. The van der Waals surface area contributed by atoms with Crippen molar-refractivity contribution in [3.8, 4) is 5.69 Å². The predicted molar refractivity (Wildman–Crippen MR) is 83.2 cm³/mol. The fourth-order valence-electron chi connectivity index (χ4n) is 3.12. The summed E-state index contributed by atoms with van der Waals surface area (Å²) < 4.78 is 3.06. The van der Waals surface area contributed by atoms with Crippen LogP contribution in [0.15, 0.2) is 46.1 Å². The van der Waals surface area contributed by atoms with Gasteiger partial charge >= 0.3 is 5.69 Å². The van der Waals surface area contributed by atoms with Gasteiger partial charge in [-0.3, -0.25) is 9.36 Å². The molecule has 2 aromatic rings. The molecule has 21 heavy (non-hydrogen) atoms. The van der Waals surface area contributed by atoms with E-state index in [9.17, 15) is 9.59 Å². The van der Waals surface area contributed by atoms with Gasteiger partial charge in [0.25, 0.3) is 5.56 Å². The Labute approximate surface area is 123 Å². The van der Waals surface area contributed by atoms with Crippen LogP contribution in [0.1, 0.15) is 43.7 Å². The van der Waals surface area contributed by atoms with Crippen molar-refractivity contribution in [2.75, 3.05) is 0 Å². The van der Waals surface area contributed by atoms with Crippen LogP contribution >= 0.6 is 0 Å². The third-order valence-electron chi connectivity index (χ3n) is 4.27. The lowest BCUT2D eigenvalue weighted by molar-refractivity contribution is 0.338. The van der Waals surface area contributed by atoms with E-state index in [2.05, 4.69) is 0 Å². The SMILES string of the molecule is Cc1cn(C2CCCCC2)c(=O)n(-c2ccccc2)c1=O. The average Bonchev–Trinajstić information content (AvgIpc) is 2.53. The van der Waals surface area contributed by atoms with Gasteiger partial charge in [0.15, 0.2) is 0 Å². The lowest BCUT2D eigenvalue weighted by Gasteiger charge is -2.24. The zero-order valence-electron chi connectivity index (χ0n) is 12.3. The van der Waals surface area contributed by atoms with Gasteiger partial charge in [-0.15, -0.1) is 0 Å². The van der Waals surface area contributed by atoms with Gasteiger partial charge in [-0.1, -0.05) is 37.5 Å². The molecule has 0 atom stereocenters. The summed E-state index contributed by atoms with van der Waals surface area (Å²) in [5, 5.41) is 0. The molecule has 0 aliphatic heterocycles. The Balaban J connectivity index is 2.18. The molecular formula is C17H20N2O2. The van der Waals surface area contributed by atoms with Gasteiger partial charge in [-0.25, -0.2) is 9.36 Å². The molecule has 4 nitrogen and oxygen atoms in total. The summed E-state index contributed by atoms with van der Waals surface area (Å²) in [5.74, 6) is 0. The second-order valence-corrected chi connectivity index (χ2v) is 5.77. The Bertz CT molecular complexity index is 738. The van der Waals surface area contributed by atoms with Gasteiger partial charge in [0.05, 0.1) is 5.69 Å². The Morgan fingerprint density at radius 3 is 2.33 bits per heavy atom. The van der Waals surface area contributed by atoms with E-state index in [1.54, 1.807) is 29.8 Å². The van der Waals surface area contributed by atoms with Crippen LogP contribution in [0.5, 0.6) is 0 Å². The number of benzene rings is 1. The maximum Gasteiger partial charge on any atom is 0.335 e. The monoisotopic (exact) mass is 284 g/mol. The maximum atomic E-state index is 12.8. The molecule has 4 heteroatoms. The molecule has 0 bridgehead atoms. The zero-order valence-corrected chi connectivity index (χ0v) is 12.3. The van der Waals surface area contributed by atoms with Crippen molar-refractivity contribution in [3.63, 3.8) is 0 Å². The second-order valence-electron chi connectivity index (χ2n) is 5.77. The van der Waals surface area contributed by atoms with Crippen LogP contribution in [0, 0.1) is 6.92 Å². The number of hydrogen-bond acceptors (Lipinski definition) is 2. The highest BCUT2D eigenvalue weighted by Gasteiger charge is 2.19. The minimum Gasteiger partial charge on any atom is -0.297 e. The first kappa shape index (κ1) is 13.9. The highest BCUT2D eigenvalue weighted by Crippen LogP contribution is 2.26. The predicted octanol–water partition coefficient (Wildman–Crippen LogP) is 2.81. The highest BCUT2D eigenvalue weighted by atomic mass is 16.2. The molecule has 0 radical (unpaired) electrons. The van der Waals surface area contributed by atoms with Crippen LogP contribution < -0.4 is 11.2 Å². The van der Waals surface area contributed by atoms with Gasteiger partial charge in [0.2, 0.25) is 0 Å². The number of aryl methyl sites for hydroxylation is 1. The second kappa shape index (κ2) is 5.72. The summed E-state index contributed by atoms with van der Waals surface area (Å²) in [5.41, 5.74) is 0.812. The molecular weight excluding hydrogens is 264 g/mol. The summed E-state index contributed by atoms with van der Waals surface area (Å²) in [7, 11) is 0. The first-order valence-electron chi connectivity index (χ1n) is 7.58. The van der Waals surface area contributed by atoms with Crippen LogP contribution in [0.2, 0.25) is 0 Å². The summed E-state index contributed by atoms with van der Waals surface area (Å²) >= 11 is 0. The van der Waals surface area contributed by atoms with Crippen LogP contribution in [-0.2, 0) is 0 Å². The van der Waals surface area contributed by atoms with E-state index in [1.807, 2.05) is 18.2 Å². The zero-order chi connectivity index (χ0) is 14.8. The van der Waals surface area contributed by atoms with Crippen molar-refractivity contribution in [1.29, 1.82) is 0 Å². The maximum absolute atomic E-state index is 12.8. The Hall–Kier alpha value is -2.10. The molecule has 0 spiro atoms. The molecule has 1 aromatic heterocycles. The minimum atomic E-state index is -0.224. The normalized spacial score (nSPS) is 16.0. The fourth-order valence-corrected chi connectivity index (χ4v) is 3.12. The number of nitrogens with zero attached hydrogens (tertiary/aromatic N) is 2. The van der Waals surface area contributed by atoms with Crippen molar-refractivity contribution in [1.82, 2.24) is 9.13 Å². The third-order valence-corrected chi connectivity index (χ3v) is 4.27. The van der Waals surface area contributed by atoms with Crippen LogP contribution in [0.4, 0.5) is 0 Å². The molecule has 0 amide bonds. The molecule has 3 rings (SSSR count). The van der Waals surface area contributed by atoms with Crippen LogP contribution in [-0.4, -0.2) is 9.13 Å². The Morgan fingerprint density at radius 1 is 1.00 bits per heavy atom. The van der Waals surface area contributed by atoms with Crippen molar-refractivity contribution >= 4 is 0 Å². The van der Waals surface area contributed by atoms with Gasteiger partial charge in [0, 0.05) is 17.8 Å². The minimum absolute atomic E-state index is 0.219. The van der Waals surface area contributed by atoms with E-state index in [1.165, 1.54) is 11.0 Å². The molecule has 0 N–H and O–H groups in total. The number of hydrogen-bond donors (Lipinski definition) is 0. The average molecular weight is 284 g/mol. The van der Waals surface area contributed by atoms with Crippen LogP contribution in [0.3, 0.4) is 0 Å². The Kier molecular flexibility index (Phi) is 3.78. The lowest BCUT2D eigenvalue weighted by atomic mass is 9.95. The van der Waals surface area contributed by atoms with Crippen molar-refractivity contribution < 1.29 is 0 Å². The van der Waals surface area contributed by atoms with Crippen molar-refractivity contribution in [2.45, 2.75) is 45.1 Å². The van der Waals surface area contributed by atoms with E-state index in [4.69, 9.17) is 0 Å². The molecule has 0 unspecified atom stereocenters. The van der Waals surface area contributed by atoms with Crippen molar-refractivity contribution in [2.24, 2.45) is 0 Å². The first-order valence-corrected chi connectivity index (χ1v) is 7.58. The largest absolute Gasteiger partial charge is 0.335 e. The number of para-hydroxylation sites is 1. The third kappa shape index (κ3) is 2.58. The quantitative estimate of drug-likeness (QED) is 0.851. The molecule has 110 valence electrons. The molecule has 1 aliphatic carbocycles. The van der Waals surface area contributed by atoms with Gasteiger partial charge < -0.3 is 0 Å². The molecule has 1 saturated carbocycles. The number of rotatable bonds is 2. The molecule has 1 aromatic carbocycles. The molecule has 1 aliphatic rings. The highest BCUT2D eigenvalue weighted by molar-refractivity contribution is 5.31. The summed E-state index contributed by atoms with van der Waals surface area (Å²) in [4.78, 5) is 25.1. The van der Waals surface area contributed by atoms with E-state index < -0.39 is 0 Å². The van der Waals surface area contributed by atoms with E-state index in [0.29, 0.717) is 11.3 Å². The summed E-state index contributed by atoms with van der Waals surface area (Å²) in [6.07, 6.45) is 7.32. The van der Waals surface area contributed by atoms with Crippen molar-refractivity contribution in [3.05, 3.63) is 62.9 Å². The van der Waals surface area contributed by atoms with E-state index >= 15 is 0 Å². The topological polar surface area (TPSA) is 44.0 Å². The van der Waals surface area contributed by atoms with E-state index in [0.717, 1.165) is 25.7 Å². The molecule has 1 heterocycles. The number of aromatic nitrogens is 2. The summed E-state index contributed by atoms with van der Waals surface area (Å²) in [6, 6.07) is 9.38. The molecule has 0 saturated heterocycles. The smallest absolute Gasteiger partial charge is 0.297 e. The standard InChI is InChI=1S/C17H20N2O2/c1-13-12-18(14-8-4-2-5-9-14)17(21)19(16(13)20)15-10-6-3-7-11-15/h3,6-7,10-12,14H,2,4-5,8-9H2,1H3. The van der Waals surface area contributed by atoms with Crippen LogP contribution in [0.25, 0.3) is 5.69 Å². The lowest BCUT2D eigenvalue weighted by Crippen LogP contribution is -2.41. The van der Waals surface area contributed by atoms with Gasteiger partial charge in [-0.2, -0.15) is 0 Å². The van der Waals surface area contributed by atoms with E-state index in [-0.39, 0.29) is 17.3 Å². The van der Waals surface area contributed by atoms with Gasteiger partial charge in [-0.05, 0) is 31.9 Å².